The predicted octanol–water partition coefficient (Wildman–Crippen LogP) is 1.76. The Labute approximate surface area is 216 Å². The Balaban J connectivity index is 0.000000529. The van der Waals surface area contributed by atoms with E-state index in [0.717, 1.165) is 32.3 Å². The Morgan fingerprint density at radius 2 is 1.43 bits per heavy atom. The molecule has 4 rings (SSSR count). The summed E-state index contributed by atoms with van der Waals surface area (Å²) in [5, 5.41) is 9.35. The van der Waals surface area contributed by atoms with Crippen molar-refractivity contribution in [1.29, 1.82) is 0 Å². The van der Waals surface area contributed by atoms with Gasteiger partial charge in [0.15, 0.2) is 6.29 Å². The number of carbonyl (C=O) groups excluding carboxylic acids is 1. The van der Waals surface area contributed by atoms with Gasteiger partial charge in [0.1, 0.15) is 0 Å². The van der Waals surface area contributed by atoms with E-state index in [1.807, 2.05) is 18.2 Å². The summed E-state index contributed by atoms with van der Waals surface area (Å²) in [6, 6.07) is 10.9. The molecule has 0 amide bonds. The van der Waals surface area contributed by atoms with Gasteiger partial charge in [0, 0.05) is 25.7 Å². The van der Waals surface area contributed by atoms with Crippen LogP contribution in [-0.4, -0.2) is 39.7 Å². The van der Waals surface area contributed by atoms with Gasteiger partial charge in [0.2, 0.25) is 10.6 Å². The number of aldehydes is 1. The van der Waals surface area contributed by atoms with Crippen molar-refractivity contribution in [3.63, 3.8) is 0 Å². The van der Waals surface area contributed by atoms with Crippen LogP contribution in [-0.2, 0) is 6.61 Å². The number of thiophene rings is 2. The van der Waals surface area contributed by atoms with E-state index in [9.17, 15) is 4.79 Å². The minimum Gasteiger partial charge on any atom is -1.00 e. The van der Waals surface area contributed by atoms with Crippen LogP contribution in [0.5, 0.6) is 0 Å². The maximum Gasteiger partial charge on any atom is 1.00 e. The summed E-state index contributed by atoms with van der Waals surface area (Å²) in [4.78, 5) is 29.7. The molecule has 0 unspecified atom stereocenters. The minimum atomic E-state index is 0. The molecule has 0 saturated heterocycles. The summed E-state index contributed by atoms with van der Waals surface area (Å²) in [5.74, 6) is 0. The maximum absolute atomic E-state index is 10.5. The Kier molecular flexibility index (Phi) is 11.9. The number of hydrogen-bond acceptors (Lipinski definition) is 8. The topological polar surface area (TPSA) is 88.9 Å². The van der Waals surface area contributed by atoms with Gasteiger partial charge in [-0.1, -0.05) is 0 Å². The summed E-state index contributed by atoms with van der Waals surface area (Å²) in [7, 11) is 0. The van der Waals surface area contributed by atoms with Crippen LogP contribution >= 0.6 is 45.9 Å². The Morgan fingerprint density at radius 1 is 0.900 bits per heavy atom. The van der Waals surface area contributed by atoms with Crippen molar-refractivity contribution in [3.05, 3.63) is 69.1 Å². The van der Waals surface area contributed by atoms with Crippen LogP contribution in [0.2, 0.25) is 10.6 Å². The number of aromatic nitrogens is 4. The van der Waals surface area contributed by atoms with Crippen molar-refractivity contribution >= 4 is 60.6 Å². The van der Waals surface area contributed by atoms with E-state index >= 15 is 0 Å². The van der Waals surface area contributed by atoms with Crippen molar-refractivity contribution in [2.75, 3.05) is 0 Å². The maximum atomic E-state index is 10.5. The zero-order chi connectivity index (χ0) is 19.9. The van der Waals surface area contributed by atoms with Crippen LogP contribution < -0.4 is 29.6 Å². The first kappa shape index (κ1) is 26.9. The third-order valence-electron chi connectivity index (χ3n) is 3.32. The molecule has 147 valence electrons. The average molecular weight is 486 g/mol. The molecular weight excluding hydrogens is 473 g/mol. The normalized spacial score (nSPS) is 9.57. The molecule has 3 radical (unpaired) electrons. The smallest absolute Gasteiger partial charge is 1.00 e. The van der Waals surface area contributed by atoms with E-state index in [0.29, 0.717) is 4.88 Å². The van der Waals surface area contributed by atoms with E-state index < -0.39 is 0 Å². The molecule has 12 heteroatoms. The molecular formula is C18H13BCl2N4NaO2S2. The molecule has 0 aromatic carbocycles. The van der Waals surface area contributed by atoms with Crippen molar-refractivity contribution in [2.24, 2.45) is 0 Å². The van der Waals surface area contributed by atoms with Gasteiger partial charge in [-0.15, -0.1) is 22.7 Å². The Bertz CT molecular complexity index is 1100. The van der Waals surface area contributed by atoms with Crippen LogP contribution in [0.1, 0.15) is 16.0 Å². The molecule has 0 bridgehead atoms. The monoisotopic (exact) mass is 485 g/mol. The molecule has 0 aliphatic heterocycles. The van der Waals surface area contributed by atoms with Crippen molar-refractivity contribution in [1.82, 2.24) is 19.9 Å². The van der Waals surface area contributed by atoms with Crippen LogP contribution in [0.3, 0.4) is 0 Å². The Morgan fingerprint density at radius 3 is 1.87 bits per heavy atom. The fourth-order valence-corrected chi connectivity index (χ4v) is 4.02. The zero-order valence-corrected chi connectivity index (χ0v) is 20.8. The first-order chi connectivity index (χ1) is 13.6. The summed E-state index contributed by atoms with van der Waals surface area (Å²) in [5.41, 5.74) is 1.53. The summed E-state index contributed by atoms with van der Waals surface area (Å²) in [6.07, 6.45) is 4.02. The number of aliphatic hydroxyl groups is 1. The molecule has 0 spiro atoms. The number of carbonyl (C=O) groups is 1. The van der Waals surface area contributed by atoms with Crippen LogP contribution in [0.25, 0.3) is 21.1 Å². The average Bonchev–Trinajstić information content (AvgIpc) is 3.38. The van der Waals surface area contributed by atoms with E-state index in [4.69, 9.17) is 28.3 Å². The van der Waals surface area contributed by atoms with Gasteiger partial charge in [-0.05, 0) is 59.6 Å². The second kappa shape index (κ2) is 13.3. The molecule has 4 aromatic heterocycles. The van der Waals surface area contributed by atoms with E-state index in [-0.39, 0.29) is 56.6 Å². The van der Waals surface area contributed by atoms with Gasteiger partial charge in [-0.2, -0.15) is 0 Å². The second-order valence-corrected chi connectivity index (χ2v) is 8.13. The molecule has 0 fully saturated rings. The van der Waals surface area contributed by atoms with Gasteiger partial charge in [-0.3, -0.25) is 4.79 Å². The van der Waals surface area contributed by atoms with Gasteiger partial charge >= 0.3 is 29.6 Å². The van der Waals surface area contributed by atoms with E-state index in [1.165, 1.54) is 22.7 Å². The van der Waals surface area contributed by atoms with E-state index in [2.05, 4.69) is 19.9 Å². The van der Waals surface area contributed by atoms with Gasteiger partial charge in [0.25, 0.3) is 0 Å². The standard InChI is InChI=1S/C9H7ClN2OS.C9H5ClN2OS.B.Na.H/c2*10-9-11-4-3-7(12-9)8-2-1-6(5-13)14-8;;;/h1-4,13H,5H2;1-5H;;;/q;;;+1;-1. The minimum absolute atomic E-state index is 0. The van der Waals surface area contributed by atoms with Crippen LogP contribution in [0.15, 0.2) is 48.8 Å². The van der Waals surface area contributed by atoms with E-state index in [1.54, 1.807) is 30.6 Å². The van der Waals surface area contributed by atoms with Gasteiger partial charge in [0.05, 0.1) is 32.6 Å². The summed E-state index contributed by atoms with van der Waals surface area (Å²) in [6.45, 7) is 0.0590. The molecule has 30 heavy (non-hydrogen) atoms. The van der Waals surface area contributed by atoms with Crippen LogP contribution in [0.4, 0.5) is 0 Å². The number of rotatable bonds is 4. The second-order valence-electron chi connectivity index (χ2n) is 5.17. The molecule has 0 saturated carbocycles. The van der Waals surface area contributed by atoms with Crippen molar-refractivity contribution < 1.29 is 40.9 Å². The van der Waals surface area contributed by atoms with Crippen molar-refractivity contribution in [2.45, 2.75) is 6.61 Å². The molecule has 0 atom stereocenters. The predicted molar refractivity (Wildman–Crippen MR) is 119 cm³/mol. The molecule has 4 aromatic rings. The fraction of sp³-hybridized carbons (Fsp3) is 0.0556. The van der Waals surface area contributed by atoms with Gasteiger partial charge < -0.3 is 6.53 Å². The molecule has 0 aliphatic rings. The molecule has 6 nitrogen and oxygen atoms in total. The third kappa shape index (κ3) is 7.51. The number of halogens is 2. The first-order valence-corrected chi connectivity index (χ1v) is 10.2. The first-order valence-electron chi connectivity index (χ1n) is 7.81. The Hall–Kier alpha value is -1.17. The molecule has 1 N–H and O–H groups in total. The fourth-order valence-electron chi connectivity index (χ4n) is 2.10. The number of nitrogens with zero attached hydrogens (tertiary/aromatic N) is 4. The molecule has 4 heterocycles. The van der Waals surface area contributed by atoms with Crippen LogP contribution in [0, 0.1) is 0 Å². The molecule has 0 aliphatic carbocycles. The summed E-state index contributed by atoms with van der Waals surface area (Å²) >= 11 is 14.2. The quantitative estimate of drug-likeness (QED) is 0.269. The SMILES string of the molecule is O=Cc1ccc(-c2ccnc(Cl)n2)s1.OCc1ccc(-c2ccnc(Cl)n2)s1.[B].[H-].[Na+]. The van der Waals surface area contributed by atoms with Gasteiger partial charge in [-0.25, -0.2) is 19.9 Å². The third-order valence-corrected chi connectivity index (χ3v) is 5.81. The number of hydrogen-bond donors (Lipinski definition) is 1. The zero-order valence-electron chi connectivity index (χ0n) is 16.7. The summed E-state index contributed by atoms with van der Waals surface area (Å²) < 4.78 is 0. The largest absolute Gasteiger partial charge is 1.00 e. The number of aliphatic hydroxyl groups excluding tert-OH is 1. The van der Waals surface area contributed by atoms with Crippen molar-refractivity contribution in [3.8, 4) is 21.1 Å².